The lowest BCUT2D eigenvalue weighted by Crippen LogP contribution is -2.30. The first-order valence-corrected chi connectivity index (χ1v) is 6.99. The van der Waals surface area contributed by atoms with Crippen molar-refractivity contribution in [3.05, 3.63) is 18.7 Å². The summed E-state index contributed by atoms with van der Waals surface area (Å²) in [5.74, 6) is 1.64. The number of nitrogens with zero attached hydrogens (tertiary/aromatic N) is 5. The van der Waals surface area contributed by atoms with Gasteiger partial charge in [-0.1, -0.05) is 13.8 Å². The first kappa shape index (κ1) is 15.2. The first-order valence-electron chi connectivity index (χ1n) is 6.99. The van der Waals surface area contributed by atoms with E-state index in [9.17, 15) is 5.11 Å². The maximum absolute atomic E-state index is 9.42. The average molecular weight is 291 g/mol. The third kappa shape index (κ3) is 3.88. The summed E-state index contributed by atoms with van der Waals surface area (Å²) < 4.78 is 1.71. The van der Waals surface area contributed by atoms with Crippen LogP contribution in [0.1, 0.15) is 20.8 Å². The number of aliphatic hydroxyl groups excluding tert-OH is 1. The minimum absolute atomic E-state index is 0.0142. The molecule has 2 aromatic heterocycles. The van der Waals surface area contributed by atoms with Crippen molar-refractivity contribution in [2.75, 3.05) is 23.8 Å². The van der Waals surface area contributed by atoms with Gasteiger partial charge in [-0.25, -0.2) is 4.98 Å². The van der Waals surface area contributed by atoms with Gasteiger partial charge in [0.15, 0.2) is 0 Å². The highest BCUT2D eigenvalue weighted by Gasteiger charge is 2.15. The van der Waals surface area contributed by atoms with Crippen LogP contribution in [0.3, 0.4) is 0 Å². The van der Waals surface area contributed by atoms with Crippen LogP contribution in [-0.2, 0) is 0 Å². The van der Waals surface area contributed by atoms with E-state index in [1.807, 2.05) is 20.8 Å². The molecule has 21 heavy (non-hydrogen) atoms. The number of hydrogen-bond acceptors (Lipinski definition) is 7. The van der Waals surface area contributed by atoms with E-state index in [1.54, 1.807) is 23.3 Å². The molecule has 0 amide bonds. The standard InChI is InChI=1S/C13H21N7O/c1-4-15-11-17-12(16-10(7-21)9(2)3)19-13(18-11)20-6-5-14-8-20/h5-6,8-10,21H,4,7H2,1-3H3,(H2,15,16,17,18,19). The van der Waals surface area contributed by atoms with Gasteiger partial charge in [-0.15, -0.1) is 0 Å². The Bertz CT molecular complexity index is 556. The van der Waals surface area contributed by atoms with E-state index in [0.717, 1.165) is 0 Å². The molecule has 0 aliphatic heterocycles. The Hall–Kier alpha value is -2.22. The van der Waals surface area contributed by atoms with Gasteiger partial charge < -0.3 is 15.7 Å². The Morgan fingerprint density at radius 1 is 1.24 bits per heavy atom. The fraction of sp³-hybridized carbons (Fsp3) is 0.538. The molecular weight excluding hydrogens is 270 g/mol. The van der Waals surface area contributed by atoms with Crippen molar-refractivity contribution in [2.24, 2.45) is 5.92 Å². The summed E-state index contributed by atoms with van der Waals surface area (Å²) in [6, 6.07) is -0.113. The van der Waals surface area contributed by atoms with Crippen molar-refractivity contribution < 1.29 is 5.11 Å². The molecule has 0 radical (unpaired) electrons. The van der Waals surface area contributed by atoms with Crippen molar-refractivity contribution in [2.45, 2.75) is 26.8 Å². The SMILES string of the molecule is CCNc1nc(NC(CO)C(C)C)nc(-n2ccnc2)n1. The summed E-state index contributed by atoms with van der Waals surface area (Å²) >= 11 is 0. The number of rotatable bonds is 7. The molecule has 0 fully saturated rings. The molecule has 0 saturated carbocycles. The van der Waals surface area contributed by atoms with E-state index in [2.05, 4.69) is 30.6 Å². The summed E-state index contributed by atoms with van der Waals surface area (Å²) in [6.45, 7) is 6.74. The van der Waals surface area contributed by atoms with E-state index in [4.69, 9.17) is 0 Å². The van der Waals surface area contributed by atoms with Gasteiger partial charge in [0, 0.05) is 18.9 Å². The molecule has 1 unspecified atom stereocenters. The van der Waals surface area contributed by atoms with Crippen molar-refractivity contribution in [3.8, 4) is 5.95 Å². The van der Waals surface area contributed by atoms with E-state index in [1.165, 1.54) is 0 Å². The highest BCUT2D eigenvalue weighted by molar-refractivity contribution is 5.38. The largest absolute Gasteiger partial charge is 0.394 e. The van der Waals surface area contributed by atoms with Gasteiger partial charge >= 0.3 is 0 Å². The van der Waals surface area contributed by atoms with Crippen LogP contribution in [-0.4, -0.2) is 48.8 Å². The van der Waals surface area contributed by atoms with Crippen LogP contribution in [0.25, 0.3) is 5.95 Å². The van der Waals surface area contributed by atoms with Gasteiger partial charge in [-0.05, 0) is 12.8 Å². The Kier molecular flexibility index (Phi) is 5.04. The first-order chi connectivity index (χ1) is 10.1. The molecule has 0 spiro atoms. The number of aliphatic hydroxyl groups is 1. The quantitative estimate of drug-likeness (QED) is 0.697. The zero-order valence-corrected chi connectivity index (χ0v) is 12.5. The second-order valence-electron chi connectivity index (χ2n) is 4.96. The van der Waals surface area contributed by atoms with Crippen LogP contribution in [0.15, 0.2) is 18.7 Å². The number of imidazole rings is 1. The topological polar surface area (TPSA) is 101 Å². The Morgan fingerprint density at radius 3 is 2.57 bits per heavy atom. The van der Waals surface area contributed by atoms with Gasteiger partial charge in [-0.3, -0.25) is 4.57 Å². The molecule has 0 aromatic carbocycles. The Balaban J connectivity index is 2.31. The lowest BCUT2D eigenvalue weighted by atomic mass is 10.1. The molecule has 2 aromatic rings. The van der Waals surface area contributed by atoms with Crippen LogP contribution < -0.4 is 10.6 Å². The van der Waals surface area contributed by atoms with E-state index in [0.29, 0.717) is 24.4 Å². The maximum atomic E-state index is 9.42. The van der Waals surface area contributed by atoms with Gasteiger partial charge in [-0.2, -0.15) is 15.0 Å². The van der Waals surface area contributed by atoms with Crippen LogP contribution >= 0.6 is 0 Å². The third-order valence-electron chi connectivity index (χ3n) is 3.01. The summed E-state index contributed by atoms with van der Waals surface area (Å²) in [6.07, 6.45) is 5.05. The van der Waals surface area contributed by atoms with Gasteiger partial charge in [0.2, 0.25) is 17.8 Å². The third-order valence-corrected chi connectivity index (χ3v) is 3.01. The van der Waals surface area contributed by atoms with E-state index in [-0.39, 0.29) is 18.6 Å². The molecule has 8 nitrogen and oxygen atoms in total. The smallest absolute Gasteiger partial charge is 0.241 e. The van der Waals surface area contributed by atoms with Crippen molar-refractivity contribution in [3.63, 3.8) is 0 Å². The van der Waals surface area contributed by atoms with Crippen molar-refractivity contribution >= 4 is 11.9 Å². The number of nitrogens with one attached hydrogen (secondary N) is 2. The van der Waals surface area contributed by atoms with Crippen LogP contribution in [0, 0.1) is 5.92 Å². The maximum Gasteiger partial charge on any atom is 0.241 e. The molecule has 0 saturated heterocycles. The zero-order chi connectivity index (χ0) is 15.2. The zero-order valence-electron chi connectivity index (χ0n) is 12.5. The van der Waals surface area contributed by atoms with Crippen molar-refractivity contribution in [1.82, 2.24) is 24.5 Å². The summed E-state index contributed by atoms with van der Waals surface area (Å²) in [5.41, 5.74) is 0. The Morgan fingerprint density at radius 2 is 2.00 bits per heavy atom. The average Bonchev–Trinajstić information content (AvgIpc) is 2.99. The summed E-state index contributed by atoms with van der Waals surface area (Å²) in [7, 11) is 0. The normalized spacial score (nSPS) is 12.4. The fourth-order valence-electron chi connectivity index (χ4n) is 1.75. The number of hydrogen-bond donors (Lipinski definition) is 3. The van der Waals surface area contributed by atoms with Gasteiger partial charge in [0.1, 0.15) is 6.33 Å². The molecule has 0 aliphatic carbocycles. The number of anilines is 2. The molecular formula is C13H21N7O. The van der Waals surface area contributed by atoms with Crippen LogP contribution in [0.4, 0.5) is 11.9 Å². The van der Waals surface area contributed by atoms with Gasteiger partial charge in [0.05, 0.1) is 12.6 Å². The predicted molar refractivity (Wildman–Crippen MR) is 80.4 cm³/mol. The van der Waals surface area contributed by atoms with Gasteiger partial charge in [0.25, 0.3) is 0 Å². The molecule has 3 N–H and O–H groups in total. The number of aromatic nitrogens is 5. The summed E-state index contributed by atoms with van der Waals surface area (Å²) in [5, 5.41) is 15.6. The minimum atomic E-state index is -0.113. The predicted octanol–water partition coefficient (Wildman–Crippen LogP) is 0.918. The highest BCUT2D eigenvalue weighted by Crippen LogP contribution is 2.12. The van der Waals surface area contributed by atoms with E-state index < -0.39 is 0 Å². The molecule has 114 valence electrons. The van der Waals surface area contributed by atoms with Crippen LogP contribution in [0.5, 0.6) is 0 Å². The lowest BCUT2D eigenvalue weighted by Gasteiger charge is -2.20. The summed E-state index contributed by atoms with van der Waals surface area (Å²) in [4.78, 5) is 17.0. The molecule has 0 aliphatic rings. The fourth-order valence-corrected chi connectivity index (χ4v) is 1.75. The van der Waals surface area contributed by atoms with Crippen molar-refractivity contribution in [1.29, 1.82) is 0 Å². The van der Waals surface area contributed by atoms with Crippen LogP contribution in [0.2, 0.25) is 0 Å². The Labute approximate surface area is 123 Å². The van der Waals surface area contributed by atoms with E-state index >= 15 is 0 Å². The molecule has 1 atom stereocenters. The second-order valence-corrected chi connectivity index (χ2v) is 4.96. The second kappa shape index (κ2) is 6.98. The highest BCUT2D eigenvalue weighted by atomic mass is 16.3. The monoisotopic (exact) mass is 291 g/mol. The molecule has 0 bridgehead atoms. The minimum Gasteiger partial charge on any atom is -0.394 e. The molecule has 2 heterocycles. The lowest BCUT2D eigenvalue weighted by molar-refractivity contribution is 0.248. The molecule has 2 rings (SSSR count). The molecule has 8 heteroatoms.